The molecule has 0 aliphatic heterocycles. The van der Waals surface area contributed by atoms with Gasteiger partial charge in [0.25, 0.3) is 0 Å². The minimum Gasteiger partial charge on any atom is -0.494 e. The number of hydrogen-bond donors (Lipinski definition) is 0. The number of esters is 1. The molecular formula is C21H21Br3O7. The maximum Gasteiger partial charge on any atom is 0.308 e. The number of halogens is 3. The minimum atomic E-state index is -0.808. The normalized spacial score (nSPS) is 12.6. The van der Waals surface area contributed by atoms with Crippen LogP contribution >= 0.6 is 47.8 Å². The van der Waals surface area contributed by atoms with E-state index >= 15 is 0 Å². The smallest absolute Gasteiger partial charge is 0.308 e. The van der Waals surface area contributed by atoms with E-state index < -0.39 is 16.9 Å². The van der Waals surface area contributed by atoms with E-state index in [-0.39, 0.29) is 17.1 Å². The number of carbonyl (C=O) groups is 2. The molecule has 0 spiro atoms. The van der Waals surface area contributed by atoms with Crippen molar-refractivity contribution >= 4 is 59.5 Å². The molecule has 0 aliphatic carbocycles. The largest absolute Gasteiger partial charge is 0.494 e. The number of alkyl halides is 1. The molecule has 2 unspecified atom stereocenters. The lowest BCUT2D eigenvalue weighted by Crippen LogP contribution is -2.25. The Morgan fingerprint density at radius 3 is 2.06 bits per heavy atom. The maximum atomic E-state index is 13.4. The lowest BCUT2D eigenvalue weighted by molar-refractivity contribution is -0.131. The molecule has 0 bridgehead atoms. The summed E-state index contributed by atoms with van der Waals surface area (Å²) in [5.41, 5.74) is 0.857. The number of carbonyl (C=O) groups excluding carboxylic acids is 2. The lowest BCUT2D eigenvalue weighted by atomic mass is 9.98. The van der Waals surface area contributed by atoms with Gasteiger partial charge in [-0.1, -0.05) is 22.0 Å². The van der Waals surface area contributed by atoms with Gasteiger partial charge >= 0.3 is 5.97 Å². The summed E-state index contributed by atoms with van der Waals surface area (Å²) in [6, 6.07) is 6.79. The van der Waals surface area contributed by atoms with E-state index in [1.807, 2.05) is 0 Å². The molecule has 0 saturated heterocycles. The minimum absolute atomic E-state index is 0.0594. The first-order valence-electron chi connectivity index (χ1n) is 8.87. The predicted molar refractivity (Wildman–Crippen MR) is 126 cm³/mol. The zero-order valence-electron chi connectivity index (χ0n) is 17.5. The monoisotopic (exact) mass is 622 g/mol. The summed E-state index contributed by atoms with van der Waals surface area (Å²) < 4.78 is 27.7. The van der Waals surface area contributed by atoms with Gasteiger partial charge in [-0.2, -0.15) is 0 Å². The van der Waals surface area contributed by atoms with Crippen LogP contribution < -0.4 is 18.9 Å². The van der Waals surface area contributed by atoms with Crippen LogP contribution in [0.2, 0.25) is 0 Å². The Labute approximate surface area is 205 Å². The Morgan fingerprint density at radius 2 is 1.55 bits per heavy atom. The summed E-state index contributed by atoms with van der Waals surface area (Å²) in [6.45, 7) is 1.25. The molecule has 0 radical (unpaired) electrons. The Hall–Kier alpha value is -1.62. The van der Waals surface area contributed by atoms with Gasteiger partial charge < -0.3 is 23.7 Å². The van der Waals surface area contributed by atoms with Crippen LogP contribution in [0.1, 0.15) is 28.9 Å². The average molecular weight is 625 g/mol. The second-order valence-corrected chi connectivity index (χ2v) is 8.85. The number of benzene rings is 2. The number of ether oxygens (including phenoxy) is 5. The van der Waals surface area contributed by atoms with Gasteiger partial charge in [-0.05, 0) is 55.6 Å². The zero-order chi connectivity index (χ0) is 23.3. The van der Waals surface area contributed by atoms with Gasteiger partial charge in [-0.3, -0.25) is 9.59 Å². The van der Waals surface area contributed by atoms with E-state index in [1.54, 1.807) is 24.3 Å². The van der Waals surface area contributed by atoms with Gasteiger partial charge in [0.05, 0.1) is 31.4 Å². The first-order valence-corrected chi connectivity index (χ1v) is 11.4. The Bertz CT molecular complexity index is 978. The topological polar surface area (TPSA) is 80.3 Å². The van der Waals surface area contributed by atoms with Crippen molar-refractivity contribution in [1.82, 2.24) is 0 Å². The SMILES string of the molecule is COc1ccc(C(OC)C(Br)C(=O)c2cc(Br)c(OC)c(Br)c2OC(C)=O)cc1OC. The average Bonchev–Trinajstić information content (AvgIpc) is 2.75. The quantitative estimate of drug-likeness (QED) is 0.158. The van der Waals surface area contributed by atoms with Crippen LogP contribution in [0.5, 0.6) is 23.0 Å². The van der Waals surface area contributed by atoms with Crippen LogP contribution in [0.15, 0.2) is 33.2 Å². The highest BCUT2D eigenvalue weighted by Gasteiger charge is 2.33. The molecule has 7 nitrogen and oxygen atoms in total. The van der Waals surface area contributed by atoms with Crippen molar-refractivity contribution in [3.63, 3.8) is 0 Å². The molecule has 2 atom stereocenters. The van der Waals surface area contributed by atoms with Gasteiger partial charge in [-0.25, -0.2) is 0 Å². The molecule has 0 fully saturated rings. The van der Waals surface area contributed by atoms with Gasteiger partial charge in [-0.15, -0.1) is 0 Å². The fourth-order valence-electron chi connectivity index (χ4n) is 2.94. The van der Waals surface area contributed by atoms with Gasteiger partial charge in [0, 0.05) is 14.0 Å². The van der Waals surface area contributed by atoms with Crippen molar-refractivity contribution in [2.45, 2.75) is 17.9 Å². The van der Waals surface area contributed by atoms with Gasteiger partial charge in [0.2, 0.25) is 0 Å². The van der Waals surface area contributed by atoms with E-state index in [0.717, 1.165) is 0 Å². The molecule has 0 heterocycles. The van der Waals surface area contributed by atoms with Crippen LogP contribution in [-0.4, -0.2) is 45.0 Å². The first-order chi connectivity index (χ1) is 14.7. The molecule has 2 rings (SSSR count). The molecule has 0 aromatic heterocycles. The third-order valence-electron chi connectivity index (χ3n) is 4.35. The highest BCUT2D eigenvalue weighted by atomic mass is 79.9. The van der Waals surface area contributed by atoms with Crippen molar-refractivity contribution in [3.05, 3.63) is 44.3 Å². The summed E-state index contributed by atoms with van der Waals surface area (Å²) in [5.74, 6) is 0.574. The molecule has 0 amide bonds. The molecule has 0 N–H and O–H groups in total. The van der Waals surface area contributed by atoms with E-state index in [2.05, 4.69) is 47.8 Å². The second-order valence-electron chi connectivity index (χ2n) is 6.21. The fourth-order valence-corrected chi connectivity index (χ4v) is 5.23. The Morgan fingerprint density at radius 1 is 0.903 bits per heavy atom. The van der Waals surface area contributed by atoms with Crippen molar-refractivity contribution in [3.8, 4) is 23.0 Å². The number of ketones is 1. The maximum absolute atomic E-state index is 13.4. The van der Waals surface area contributed by atoms with E-state index in [9.17, 15) is 9.59 Å². The first kappa shape index (κ1) is 25.6. The molecular weight excluding hydrogens is 604 g/mol. The van der Waals surface area contributed by atoms with E-state index in [1.165, 1.54) is 35.4 Å². The third kappa shape index (κ3) is 5.60. The summed E-state index contributed by atoms with van der Waals surface area (Å²) in [6.07, 6.45) is -0.669. The molecule has 2 aromatic rings. The van der Waals surface area contributed by atoms with E-state index in [4.69, 9.17) is 23.7 Å². The predicted octanol–water partition coefficient (Wildman–Crippen LogP) is 5.50. The zero-order valence-corrected chi connectivity index (χ0v) is 22.2. The molecule has 31 heavy (non-hydrogen) atoms. The summed E-state index contributed by atoms with van der Waals surface area (Å²) >= 11 is 10.2. The highest BCUT2D eigenvalue weighted by molar-refractivity contribution is 9.11. The van der Waals surface area contributed by atoms with Gasteiger partial charge in [0.15, 0.2) is 28.8 Å². The molecule has 2 aromatic carbocycles. The lowest BCUT2D eigenvalue weighted by Gasteiger charge is -2.23. The molecule has 168 valence electrons. The van der Waals surface area contributed by atoms with Crippen LogP contribution in [0.3, 0.4) is 0 Å². The Balaban J connectivity index is 2.53. The van der Waals surface area contributed by atoms with E-state index in [0.29, 0.717) is 31.8 Å². The van der Waals surface area contributed by atoms with Crippen molar-refractivity contribution in [2.24, 2.45) is 0 Å². The summed E-state index contributed by atoms with van der Waals surface area (Å²) in [5, 5.41) is 0. The number of rotatable bonds is 9. The van der Waals surface area contributed by atoms with Crippen LogP contribution in [0.25, 0.3) is 0 Å². The molecule has 10 heteroatoms. The fraction of sp³-hybridized carbons (Fsp3) is 0.333. The third-order valence-corrected chi connectivity index (χ3v) is 6.56. The highest BCUT2D eigenvalue weighted by Crippen LogP contribution is 2.44. The molecule has 0 aliphatic rings. The number of Topliss-reactive ketones (excluding diaryl/α,β-unsaturated/α-hetero) is 1. The molecule has 0 saturated carbocycles. The summed E-state index contributed by atoms with van der Waals surface area (Å²) in [7, 11) is 6.03. The van der Waals surface area contributed by atoms with Crippen LogP contribution in [0.4, 0.5) is 0 Å². The number of hydrogen-bond acceptors (Lipinski definition) is 7. The standard InChI is InChI=1S/C21H21Br3O7/c1-10(25)31-20-12(9-13(22)21(30-5)17(20)24)18(26)16(23)19(29-4)11-6-7-14(27-2)15(8-11)28-3/h6-9,16,19H,1-5H3. The second kappa shape index (κ2) is 11.3. The van der Waals surface area contributed by atoms with Crippen molar-refractivity contribution in [2.75, 3.05) is 28.4 Å². The van der Waals surface area contributed by atoms with Crippen LogP contribution in [-0.2, 0) is 9.53 Å². The number of methoxy groups -OCH3 is 4. The van der Waals surface area contributed by atoms with Crippen LogP contribution in [0, 0.1) is 0 Å². The van der Waals surface area contributed by atoms with Crippen molar-refractivity contribution < 1.29 is 33.3 Å². The van der Waals surface area contributed by atoms with Crippen molar-refractivity contribution in [1.29, 1.82) is 0 Å². The Kier molecular flexibility index (Phi) is 9.35. The van der Waals surface area contributed by atoms with Gasteiger partial charge in [0.1, 0.15) is 15.4 Å². The summed E-state index contributed by atoms with van der Waals surface area (Å²) in [4.78, 5) is 24.3.